The molecule has 6 nitrogen and oxygen atoms in total. The van der Waals surface area contributed by atoms with Crippen molar-refractivity contribution in [3.05, 3.63) is 41.2 Å². The molecular weight excluding hydrogens is 360 g/mol. The molecule has 1 heterocycles. The van der Waals surface area contributed by atoms with E-state index < -0.39 is 0 Å². The van der Waals surface area contributed by atoms with Crippen molar-refractivity contribution in [2.75, 3.05) is 0 Å². The Hall–Kier alpha value is -1.79. The van der Waals surface area contributed by atoms with Gasteiger partial charge >= 0.3 is 0 Å². The van der Waals surface area contributed by atoms with Gasteiger partial charge in [0.2, 0.25) is 0 Å². The Morgan fingerprint density at radius 1 is 1.14 bits per heavy atom. The largest absolute Gasteiger partial charge is 0.328 e. The van der Waals surface area contributed by atoms with Crippen LogP contribution < -0.4 is 11.1 Å². The predicted octanol–water partition coefficient (Wildman–Crippen LogP) is 4.10. The van der Waals surface area contributed by atoms with Gasteiger partial charge in [-0.05, 0) is 74.3 Å². The lowest BCUT2D eigenvalue weighted by Gasteiger charge is -2.35. The Balaban J connectivity index is 1.96. The molecule has 3 N–H and O–H groups in total. The van der Waals surface area contributed by atoms with Gasteiger partial charge in [0.15, 0.2) is 5.82 Å². The third kappa shape index (κ3) is 5.64. The minimum Gasteiger partial charge on any atom is -0.328 e. The number of benzene rings is 1. The third-order valence-electron chi connectivity index (χ3n) is 5.84. The molecule has 29 heavy (non-hydrogen) atoms. The van der Waals surface area contributed by atoms with Crippen LogP contribution in [0.3, 0.4) is 0 Å². The first-order valence-electron chi connectivity index (χ1n) is 10.9. The summed E-state index contributed by atoms with van der Waals surface area (Å²) in [4.78, 5) is 0. The van der Waals surface area contributed by atoms with Crippen LogP contribution in [0.1, 0.15) is 89.7 Å². The normalized spacial score (nSPS) is 21.9. The van der Waals surface area contributed by atoms with Gasteiger partial charge in [-0.2, -0.15) is 0 Å². The summed E-state index contributed by atoms with van der Waals surface area (Å²) in [5, 5.41) is 16.9. The Morgan fingerprint density at radius 2 is 1.83 bits per heavy atom. The molecule has 1 aromatic heterocycles. The highest BCUT2D eigenvalue weighted by Crippen LogP contribution is 2.34. The number of aromatic nitrogens is 4. The van der Waals surface area contributed by atoms with Gasteiger partial charge in [0.05, 0.1) is 11.6 Å². The van der Waals surface area contributed by atoms with Crippen LogP contribution in [0.4, 0.5) is 0 Å². The maximum atomic E-state index is 6.13. The molecule has 2 aromatic rings. The predicted molar refractivity (Wildman–Crippen MR) is 118 cm³/mol. The fraction of sp³-hybridized carbons (Fsp3) is 0.696. The molecule has 160 valence electrons. The van der Waals surface area contributed by atoms with Crippen molar-refractivity contribution in [1.82, 2.24) is 25.5 Å². The number of rotatable bonds is 6. The molecule has 1 saturated carbocycles. The van der Waals surface area contributed by atoms with E-state index in [1.54, 1.807) is 0 Å². The number of nitrogens with one attached hydrogen (secondary N) is 1. The molecule has 0 aliphatic heterocycles. The van der Waals surface area contributed by atoms with E-state index >= 15 is 0 Å². The Kier molecular flexibility index (Phi) is 6.44. The molecule has 1 atom stereocenters. The average Bonchev–Trinajstić information content (AvgIpc) is 3.09. The first kappa shape index (κ1) is 21.9. The molecule has 1 fully saturated rings. The van der Waals surface area contributed by atoms with Gasteiger partial charge in [-0.3, -0.25) is 0 Å². The summed E-state index contributed by atoms with van der Waals surface area (Å²) in [6, 6.07) is 9.38. The van der Waals surface area contributed by atoms with Gasteiger partial charge in [0.25, 0.3) is 0 Å². The van der Waals surface area contributed by atoms with E-state index in [9.17, 15) is 0 Å². The second kappa shape index (κ2) is 8.52. The Labute approximate surface area is 175 Å². The number of hydrogen-bond donors (Lipinski definition) is 2. The zero-order chi connectivity index (χ0) is 21.2. The second-order valence-corrected chi connectivity index (χ2v) is 10.6. The van der Waals surface area contributed by atoms with Crippen molar-refractivity contribution in [3.8, 4) is 0 Å². The minimum atomic E-state index is -0.185. The molecule has 0 amide bonds. The quantitative estimate of drug-likeness (QED) is 0.765. The molecule has 1 unspecified atom stereocenters. The van der Waals surface area contributed by atoms with Crippen LogP contribution in [-0.4, -0.2) is 32.3 Å². The zero-order valence-corrected chi connectivity index (χ0v) is 18.9. The van der Waals surface area contributed by atoms with Crippen LogP contribution in [0.2, 0.25) is 0 Å². The summed E-state index contributed by atoms with van der Waals surface area (Å²) in [5.41, 5.74) is 8.58. The third-order valence-corrected chi connectivity index (χ3v) is 5.84. The van der Waals surface area contributed by atoms with Gasteiger partial charge in [-0.15, -0.1) is 5.10 Å². The summed E-state index contributed by atoms with van der Waals surface area (Å²) in [6.45, 7) is 13.4. The van der Waals surface area contributed by atoms with Crippen LogP contribution in [0.25, 0.3) is 0 Å². The summed E-state index contributed by atoms with van der Waals surface area (Å²) in [5.74, 6) is 0.889. The van der Waals surface area contributed by atoms with E-state index in [2.05, 4.69) is 86.7 Å². The average molecular weight is 399 g/mol. The van der Waals surface area contributed by atoms with Gasteiger partial charge in [-0.1, -0.05) is 50.6 Å². The van der Waals surface area contributed by atoms with E-state index in [1.165, 1.54) is 11.1 Å². The van der Waals surface area contributed by atoms with Crippen LogP contribution >= 0.6 is 0 Å². The van der Waals surface area contributed by atoms with Crippen molar-refractivity contribution in [2.45, 2.75) is 97.3 Å². The highest BCUT2D eigenvalue weighted by Gasteiger charge is 2.34. The van der Waals surface area contributed by atoms with Crippen molar-refractivity contribution < 1.29 is 0 Å². The highest BCUT2D eigenvalue weighted by molar-refractivity contribution is 5.29. The van der Waals surface area contributed by atoms with E-state index in [4.69, 9.17) is 5.73 Å². The van der Waals surface area contributed by atoms with Gasteiger partial charge in [0.1, 0.15) is 0 Å². The van der Waals surface area contributed by atoms with E-state index in [0.29, 0.717) is 12.1 Å². The second-order valence-electron chi connectivity index (χ2n) is 10.6. The van der Waals surface area contributed by atoms with Gasteiger partial charge in [-0.25, -0.2) is 4.68 Å². The van der Waals surface area contributed by atoms with Crippen molar-refractivity contribution in [1.29, 1.82) is 0 Å². The molecule has 1 aliphatic carbocycles. The van der Waals surface area contributed by atoms with Gasteiger partial charge in [0, 0.05) is 12.1 Å². The van der Waals surface area contributed by atoms with Crippen molar-refractivity contribution >= 4 is 0 Å². The Bertz CT molecular complexity index is 796. The molecule has 0 bridgehead atoms. The number of nitrogens with two attached hydrogens (primary N) is 1. The molecule has 1 aliphatic rings. The van der Waals surface area contributed by atoms with E-state index in [0.717, 1.165) is 37.9 Å². The topological polar surface area (TPSA) is 81.7 Å². The lowest BCUT2D eigenvalue weighted by molar-refractivity contribution is 0.186. The maximum absolute atomic E-state index is 6.13. The maximum Gasteiger partial charge on any atom is 0.173 e. The summed E-state index contributed by atoms with van der Waals surface area (Å²) >= 11 is 0. The SMILES string of the molecule is Cc1cccc(C(NC2CCC(N)CC2)c2nnnn2C(C)(C)CC(C)(C)C)c1. The smallest absolute Gasteiger partial charge is 0.173 e. The fourth-order valence-electron chi connectivity index (χ4n) is 4.87. The highest BCUT2D eigenvalue weighted by atomic mass is 15.6. The minimum absolute atomic E-state index is 0.0385. The molecule has 0 radical (unpaired) electrons. The first-order chi connectivity index (χ1) is 13.5. The van der Waals surface area contributed by atoms with E-state index in [-0.39, 0.29) is 17.0 Å². The van der Waals surface area contributed by atoms with Crippen LogP contribution in [0, 0.1) is 12.3 Å². The number of nitrogens with zero attached hydrogens (tertiary/aromatic N) is 4. The standard InChI is InChI=1S/C23H38N6/c1-16-8-7-9-17(14-16)20(25-19-12-10-18(24)11-13-19)21-26-27-28-29(21)23(5,6)15-22(2,3)4/h7-9,14,18-20,25H,10-13,15,24H2,1-6H3. The molecule has 0 saturated heterocycles. The summed E-state index contributed by atoms with van der Waals surface area (Å²) in [6.07, 6.45) is 5.31. The fourth-order valence-corrected chi connectivity index (χ4v) is 4.87. The first-order valence-corrected chi connectivity index (χ1v) is 10.9. The molecule has 0 spiro atoms. The van der Waals surface area contributed by atoms with Crippen molar-refractivity contribution in [3.63, 3.8) is 0 Å². The number of tetrazole rings is 1. The Morgan fingerprint density at radius 3 is 2.45 bits per heavy atom. The molecular formula is C23H38N6. The summed E-state index contributed by atoms with van der Waals surface area (Å²) in [7, 11) is 0. The van der Waals surface area contributed by atoms with Crippen LogP contribution in [-0.2, 0) is 5.54 Å². The number of hydrogen-bond acceptors (Lipinski definition) is 5. The lowest BCUT2D eigenvalue weighted by Crippen LogP contribution is -2.42. The van der Waals surface area contributed by atoms with Crippen LogP contribution in [0.15, 0.2) is 24.3 Å². The zero-order valence-electron chi connectivity index (χ0n) is 18.9. The molecule has 1 aromatic carbocycles. The number of aryl methyl sites for hydroxylation is 1. The monoisotopic (exact) mass is 398 g/mol. The van der Waals surface area contributed by atoms with Gasteiger partial charge < -0.3 is 11.1 Å². The molecule has 6 heteroatoms. The van der Waals surface area contributed by atoms with Crippen molar-refractivity contribution in [2.24, 2.45) is 11.1 Å². The summed E-state index contributed by atoms with van der Waals surface area (Å²) < 4.78 is 2.03. The van der Waals surface area contributed by atoms with Crippen LogP contribution in [0.5, 0.6) is 0 Å². The lowest BCUT2D eigenvalue weighted by atomic mass is 9.81. The molecule has 3 rings (SSSR count). The van der Waals surface area contributed by atoms with E-state index in [1.807, 2.05) is 4.68 Å².